The first-order valence-electron chi connectivity index (χ1n) is 8.16. The van der Waals surface area contributed by atoms with Crippen molar-refractivity contribution in [3.05, 3.63) is 54.2 Å². The Hall–Kier alpha value is -2.78. The third-order valence-corrected chi connectivity index (χ3v) is 5.12. The highest BCUT2D eigenvalue weighted by Crippen LogP contribution is 2.43. The number of hydrogen-bond acceptors (Lipinski definition) is 5. The summed E-state index contributed by atoms with van der Waals surface area (Å²) < 4.78 is 10.1. The zero-order chi connectivity index (χ0) is 18.7. The summed E-state index contributed by atoms with van der Waals surface area (Å²) in [5.74, 6) is -0.267. The highest BCUT2D eigenvalue weighted by atomic mass is 32.2. The molecule has 0 saturated carbocycles. The zero-order valence-corrected chi connectivity index (χ0v) is 15.6. The third kappa shape index (κ3) is 3.44. The van der Waals surface area contributed by atoms with Gasteiger partial charge >= 0.3 is 5.97 Å². The zero-order valence-electron chi connectivity index (χ0n) is 14.8. The number of nitrogens with zero attached hydrogens (tertiary/aromatic N) is 2. The van der Waals surface area contributed by atoms with Crippen molar-refractivity contribution < 1.29 is 13.9 Å². The molecular formula is C20H18N2O3S. The number of oxazole rings is 1. The van der Waals surface area contributed by atoms with Crippen LogP contribution in [-0.4, -0.2) is 22.3 Å². The van der Waals surface area contributed by atoms with E-state index < -0.39 is 4.75 Å². The molecule has 1 aromatic heterocycles. The number of rotatable bonds is 5. The molecule has 0 bridgehead atoms. The van der Waals surface area contributed by atoms with Gasteiger partial charge in [-0.2, -0.15) is 0 Å². The molecule has 0 unspecified atom stereocenters. The molecule has 0 aliphatic rings. The third-order valence-electron chi connectivity index (χ3n) is 3.88. The Kier molecular flexibility index (Phi) is 5.01. The molecule has 3 rings (SSSR count). The first-order valence-corrected chi connectivity index (χ1v) is 8.98. The van der Waals surface area contributed by atoms with Gasteiger partial charge in [-0.15, -0.1) is 11.8 Å². The molecule has 0 saturated heterocycles. The molecule has 0 radical (unpaired) electrons. The van der Waals surface area contributed by atoms with Gasteiger partial charge in [0.05, 0.1) is 13.2 Å². The van der Waals surface area contributed by atoms with Gasteiger partial charge in [0.25, 0.3) is 0 Å². The molecule has 2 aromatic carbocycles. The molecule has 26 heavy (non-hydrogen) atoms. The van der Waals surface area contributed by atoms with Crippen LogP contribution in [0.25, 0.3) is 27.1 Å². The number of esters is 1. The van der Waals surface area contributed by atoms with E-state index in [4.69, 9.17) is 15.7 Å². The Morgan fingerprint density at radius 2 is 2.00 bits per heavy atom. The maximum Gasteiger partial charge on any atom is 0.321 e. The van der Waals surface area contributed by atoms with Gasteiger partial charge in [-0.1, -0.05) is 24.3 Å². The lowest BCUT2D eigenvalue weighted by molar-refractivity contribution is -0.145. The first kappa shape index (κ1) is 18.0. The minimum Gasteiger partial charge on any atom is -0.465 e. The lowest BCUT2D eigenvalue weighted by Crippen LogP contribution is -2.30. The van der Waals surface area contributed by atoms with Gasteiger partial charge in [0.1, 0.15) is 10.3 Å². The average Bonchev–Trinajstić information content (AvgIpc) is 3.10. The molecule has 0 aliphatic heterocycles. The second kappa shape index (κ2) is 7.22. The van der Waals surface area contributed by atoms with E-state index in [1.165, 1.54) is 18.2 Å². The minimum atomic E-state index is -0.755. The van der Waals surface area contributed by atoms with E-state index >= 15 is 0 Å². The Labute approximate surface area is 156 Å². The van der Waals surface area contributed by atoms with Gasteiger partial charge in [-0.3, -0.25) is 4.79 Å². The molecule has 3 aromatic rings. The Bertz CT molecular complexity index is 984. The van der Waals surface area contributed by atoms with Gasteiger partial charge in [0.2, 0.25) is 0 Å². The minimum absolute atomic E-state index is 0.267. The number of benzene rings is 2. The van der Waals surface area contributed by atoms with Gasteiger partial charge in [0, 0.05) is 10.5 Å². The normalized spacial score (nSPS) is 11.3. The summed E-state index contributed by atoms with van der Waals surface area (Å²) >= 11 is 1.42. The molecule has 0 spiro atoms. The van der Waals surface area contributed by atoms with Crippen LogP contribution in [0.2, 0.25) is 0 Å². The number of fused-ring (bicyclic) bond motifs is 1. The quantitative estimate of drug-likeness (QED) is 0.340. The van der Waals surface area contributed by atoms with Crippen molar-refractivity contribution in [3.63, 3.8) is 0 Å². The number of hydrogen-bond donors (Lipinski definition) is 0. The topological polar surface area (TPSA) is 56.7 Å². The summed E-state index contributed by atoms with van der Waals surface area (Å²) in [6, 6.07) is 11.1. The van der Waals surface area contributed by atoms with E-state index in [-0.39, 0.29) is 5.97 Å². The maximum absolute atomic E-state index is 12.3. The first-order chi connectivity index (χ1) is 12.5. The molecule has 0 amide bonds. The van der Waals surface area contributed by atoms with Crippen LogP contribution in [0.4, 0.5) is 5.69 Å². The van der Waals surface area contributed by atoms with Crippen molar-refractivity contribution in [2.75, 3.05) is 6.61 Å². The van der Waals surface area contributed by atoms with E-state index in [0.717, 1.165) is 21.5 Å². The molecule has 0 fully saturated rings. The standard InChI is InChI=1S/C20H18N2O3S/c1-5-24-19(23)20(2,3)26-16-11-10-15-18(25-12-22-15)17(16)13-6-8-14(21-4)9-7-13/h6-12H,5H2,1-3H3. The van der Waals surface area contributed by atoms with Crippen LogP contribution in [0.15, 0.2) is 52.1 Å². The van der Waals surface area contributed by atoms with Gasteiger partial charge in [-0.25, -0.2) is 9.83 Å². The van der Waals surface area contributed by atoms with Crippen molar-refractivity contribution in [2.45, 2.75) is 30.4 Å². The van der Waals surface area contributed by atoms with Crippen LogP contribution in [0, 0.1) is 6.57 Å². The summed E-state index contributed by atoms with van der Waals surface area (Å²) in [5, 5.41) is 0. The second-order valence-corrected chi connectivity index (χ2v) is 7.80. The van der Waals surface area contributed by atoms with E-state index in [2.05, 4.69) is 9.83 Å². The molecule has 0 aliphatic carbocycles. The van der Waals surface area contributed by atoms with Crippen LogP contribution in [0.3, 0.4) is 0 Å². The Morgan fingerprint density at radius 3 is 2.65 bits per heavy atom. The van der Waals surface area contributed by atoms with Crippen molar-refractivity contribution in [1.82, 2.24) is 4.98 Å². The summed E-state index contributed by atoms with van der Waals surface area (Å²) in [6.07, 6.45) is 1.41. The van der Waals surface area contributed by atoms with E-state index in [1.807, 2.05) is 38.1 Å². The van der Waals surface area contributed by atoms with Crippen molar-refractivity contribution in [2.24, 2.45) is 0 Å². The number of carbonyl (C=O) groups is 1. The van der Waals surface area contributed by atoms with Crippen molar-refractivity contribution in [1.29, 1.82) is 0 Å². The highest BCUT2D eigenvalue weighted by molar-refractivity contribution is 8.01. The molecular weight excluding hydrogens is 348 g/mol. The summed E-state index contributed by atoms with van der Waals surface area (Å²) in [6.45, 7) is 12.9. The average molecular weight is 366 g/mol. The largest absolute Gasteiger partial charge is 0.465 e. The monoisotopic (exact) mass is 366 g/mol. The molecule has 1 heterocycles. The van der Waals surface area contributed by atoms with Crippen LogP contribution >= 0.6 is 11.8 Å². The van der Waals surface area contributed by atoms with Crippen LogP contribution < -0.4 is 0 Å². The van der Waals surface area contributed by atoms with Crippen LogP contribution in [0.1, 0.15) is 20.8 Å². The van der Waals surface area contributed by atoms with E-state index in [1.54, 1.807) is 19.1 Å². The van der Waals surface area contributed by atoms with Crippen LogP contribution in [-0.2, 0) is 9.53 Å². The Balaban J connectivity index is 2.11. The van der Waals surface area contributed by atoms with E-state index in [9.17, 15) is 4.79 Å². The molecule has 132 valence electrons. The summed E-state index contributed by atoms with van der Waals surface area (Å²) in [4.78, 5) is 20.8. The number of aromatic nitrogens is 1. The molecule has 0 N–H and O–H groups in total. The predicted octanol–water partition coefficient (Wildman–Crippen LogP) is 5.48. The fraction of sp³-hybridized carbons (Fsp3) is 0.250. The smallest absolute Gasteiger partial charge is 0.321 e. The molecule has 0 atom stereocenters. The fourth-order valence-corrected chi connectivity index (χ4v) is 3.73. The Morgan fingerprint density at radius 1 is 1.27 bits per heavy atom. The van der Waals surface area contributed by atoms with Gasteiger partial charge in [0.15, 0.2) is 17.7 Å². The van der Waals surface area contributed by atoms with Crippen molar-refractivity contribution >= 4 is 34.5 Å². The SMILES string of the molecule is [C-]#[N+]c1ccc(-c2c(SC(C)(C)C(=O)OCC)ccc3ncoc23)cc1. The highest BCUT2D eigenvalue weighted by Gasteiger charge is 2.32. The number of carbonyl (C=O) groups excluding carboxylic acids is 1. The van der Waals surface area contributed by atoms with Gasteiger partial charge < -0.3 is 9.15 Å². The lowest BCUT2D eigenvalue weighted by atomic mass is 10.0. The second-order valence-electron chi connectivity index (χ2n) is 6.13. The molecule has 6 heteroatoms. The maximum atomic E-state index is 12.3. The lowest BCUT2D eigenvalue weighted by Gasteiger charge is -2.23. The summed E-state index contributed by atoms with van der Waals surface area (Å²) in [5.41, 5.74) is 3.73. The molecule has 5 nitrogen and oxygen atoms in total. The number of ether oxygens (including phenoxy) is 1. The van der Waals surface area contributed by atoms with Crippen molar-refractivity contribution in [3.8, 4) is 11.1 Å². The van der Waals surface area contributed by atoms with Gasteiger partial charge in [-0.05, 0) is 38.5 Å². The van der Waals surface area contributed by atoms with Crippen LogP contribution in [0.5, 0.6) is 0 Å². The van der Waals surface area contributed by atoms with E-state index in [0.29, 0.717) is 17.9 Å². The summed E-state index contributed by atoms with van der Waals surface area (Å²) in [7, 11) is 0. The predicted molar refractivity (Wildman–Crippen MR) is 102 cm³/mol. The fourth-order valence-electron chi connectivity index (χ4n) is 2.59. The number of thioether (sulfide) groups is 1.